The summed E-state index contributed by atoms with van der Waals surface area (Å²) in [4.78, 5) is 2.51. The van der Waals surface area contributed by atoms with E-state index in [1.54, 1.807) is 7.11 Å². The minimum absolute atomic E-state index is 0.580. The number of hydrogen-bond acceptors (Lipinski definition) is 3. The molecule has 0 bridgehead atoms. The summed E-state index contributed by atoms with van der Waals surface area (Å²) in [6.07, 6.45) is 4.38. The van der Waals surface area contributed by atoms with Crippen molar-refractivity contribution in [2.75, 3.05) is 26.7 Å². The Labute approximate surface area is 116 Å². The van der Waals surface area contributed by atoms with Crippen molar-refractivity contribution in [3.63, 3.8) is 0 Å². The normalized spacial score (nSPS) is 24.8. The molecule has 0 spiro atoms. The Kier molecular flexibility index (Phi) is 5.00. The lowest BCUT2D eigenvalue weighted by Gasteiger charge is -2.36. The monoisotopic (exact) mass is 260 g/mol. The van der Waals surface area contributed by atoms with Crippen molar-refractivity contribution < 1.29 is 4.74 Å². The molecule has 0 saturated carbocycles. The molecule has 2 unspecified atom stereocenters. The predicted molar refractivity (Wildman–Crippen MR) is 80.5 cm³/mol. The van der Waals surface area contributed by atoms with E-state index in [0.29, 0.717) is 12.1 Å². The zero-order valence-corrected chi connectivity index (χ0v) is 12.1. The van der Waals surface area contributed by atoms with Gasteiger partial charge in [0, 0.05) is 37.3 Å². The zero-order chi connectivity index (χ0) is 13.7. The van der Waals surface area contributed by atoms with Gasteiger partial charge in [-0.2, -0.15) is 0 Å². The van der Waals surface area contributed by atoms with Gasteiger partial charge in [0.15, 0.2) is 0 Å². The van der Waals surface area contributed by atoms with Gasteiger partial charge in [0.25, 0.3) is 0 Å². The second-order valence-electron chi connectivity index (χ2n) is 5.26. The molecule has 1 aromatic carbocycles. The van der Waals surface area contributed by atoms with Crippen LogP contribution in [0.25, 0.3) is 6.08 Å². The molecule has 3 nitrogen and oxygen atoms in total. The first-order valence-electron chi connectivity index (χ1n) is 6.97. The summed E-state index contributed by atoms with van der Waals surface area (Å²) < 4.78 is 5.35. The second kappa shape index (κ2) is 6.73. The molecule has 1 fully saturated rings. The third-order valence-electron chi connectivity index (χ3n) is 3.67. The Balaban J connectivity index is 1.95. The summed E-state index contributed by atoms with van der Waals surface area (Å²) in [5, 5.41) is 3.50. The average Bonchev–Trinajstić information content (AvgIpc) is 2.43. The maximum Gasteiger partial charge on any atom is 0.126 e. The van der Waals surface area contributed by atoms with E-state index < -0.39 is 0 Å². The number of methoxy groups -OCH3 is 1. The Bertz CT molecular complexity index is 431. The number of piperazine rings is 1. The maximum absolute atomic E-state index is 5.35. The molecule has 1 aliphatic heterocycles. The van der Waals surface area contributed by atoms with Crippen LogP contribution in [0.1, 0.15) is 19.4 Å². The molecule has 104 valence electrons. The van der Waals surface area contributed by atoms with Gasteiger partial charge in [0.1, 0.15) is 5.75 Å². The van der Waals surface area contributed by atoms with Gasteiger partial charge in [-0.3, -0.25) is 4.90 Å². The first kappa shape index (κ1) is 14.1. The van der Waals surface area contributed by atoms with Crippen molar-refractivity contribution in [3.8, 4) is 5.75 Å². The Morgan fingerprint density at radius 3 is 2.95 bits per heavy atom. The minimum Gasteiger partial charge on any atom is -0.496 e. The van der Waals surface area contributed by atoms with E-state index in [4.69, 9.17) is 4.74 Å². The molecule has 3 heteroatoms. The Hall–Kier alpha value is -1.32. The predicted octanol–water partition coefficient (Wildman–Crippen LogP) is 2.39. The number of benzene rings is 1. The van der Waals surface area contributed by atoms with E-state index in [0.717, 1.165) is 30.9 Å². The molecule has 0 radical (unpaired) electrons. The fraction of sp³-hybridized carbons (Fsp3) is 0.500. The summed E-state index contributed by atoms with van der Waals surface area (Å²) in [7, 11) is 1.72. The fourth-order valence-corrected chi connectivity index (χ4v) is 2.47. The highest BCUT2D eigenvalue weighted by Crippen LogP contribution is 2.18. The molecule has 1 aromatic rings. The number of nitrogens with zero attached hydrogens (tertiary/aromatic N) is 1. The molecule has 0 amide bonds. The van der Waals surface area contributed by atoms with Crippen molar-refractivity contribution in [2.45, 2.75) is 25.9 Å². The van der Waals surface area contributed by atoms with E-state index in [-0.39, 0.29) is 0 Å². The van der Waals surface area contributed by atoms with Crippen LogP contribution in [0, 0.1) is 0 Å². The van der Waals surface area contributed by atoms with Crippen LogP contribution in [0.2, 0.25) is 0 Å². The molecule has 0 aromatic heterocycles. The van der Waals surface area contributed by atoms with E-state index in [2.05, 4.69) is 42.3 Å². The molecule has 2 rings (SSSR count). The first-order valence-corrected chi connectivity index (χ1v) is 6.97. The molecular weight excluding hydrogens is 236 g/mol. The highest BCUT2D eigenvalue weighted by molar-refractivity contribution is 5.57. The Morgan fingerprint density at radius 1 is 1.37 bits per heavy atom. The van der Waals surface area contributed by atoms with Gasteiger partial charge < -0.3 is 10.1 Å². The smallest absolute Gasteiger partial charge is 0.126 e. The maximum atomic E-state index is 5.35. The van der Waals surface area contributed by atoms with Crippen molar-refractivity contribution in [1.29, 1.82) is 0 Å². The van der Waals surface area contributed by atoms with Gasteiger partial charge >= 0.3 is 0 Å². The van der Waals surface area contributed by atoms with Gasteiger partial charge in [-0.1, -0.05) is 30.4 Å². The quantitative estimate of drug-likeness (QED) is 0.899. The SMILES string of the molecule is COc1ccccc1/C=C/CN1CC(C)NCC1C. The van der Waals surface area contributed by atoms with E-state index in [9.17, 15) is 0 Å². The third-order valence-corrected chi connectivity index (χ3v) is 3.67. The van der Waals surface area contributed by atoms with E-state index in [1.165, 1.54) is 0 Å². The van der Waals surface area contributed by atoms with E-state index >= 15 is 0 Å². The lowest BCUT2D eigenvalue weighted by molar-refractivity contribution is 0.163. The third kappa shape index (κ3) is 3.82. The van der Waals surface area contributed by atoms with Crippen molar-refractivity contribution in [2.24, 2.45) is 0 Å². The molecule has 1 heterocycles. The van der Waals surface area contributed by atoms with Crippen LogP contribution >= 0.6 is 0 Å². The topological polar surface area (TPSA) is 24.5 Å². The molecule has 19 heavy (non-hydrogen) atoms. The highest BCUT2D eigenvalue weighted by Gasteiger charge is 2.20. The lowest BCUT2D eigenvalue weighted by atomic mass is 10.1. The summed E-state index contributed by atoms with van der Waals surface area (Å²) in [6.45, 7) is 7.69. The van der Waals surface area contributed by atoms with Gasteiger partial charge in [0.2, 0.25) is 0 Å². The van der Waals surface area contributed by atoms with E-state index in [1.807, 2.05) is 18.2 Å². The van der Waals surface area contributed by atoms with Crippen molar-refractivity contribution in [1.82, 2.24) is 10.2 Å². The second-order valence-corrected chi connectivity index (χ2v) is 5.26. The average molecular weight is 260 g/mol. The van der Waals surface area contributed by atoms with Crippen LogP contribution in [-0.2, 0) is 0 Å². The number of hydrogen-bond donors (Lipinski definition) is 1. The van der Waals surface area contributed by atoms with Crippen molar-refractivity contribution >= 4 is 6.08 Å². The fourth-order valence-electron chi connectivity index (χ4n) is 2.47. The number of para-hydroxylation sites is 1. The zero-order valence-electron chi connectivity index (χ0n) is 12.1. The van der Waals surface area contributed by atoms with Crippen LogP contribution < -0.4 is 10.1 Å². The molecular formula is C16H24N2O. The van der Waals surface area contributed by atoms with Crippen LogP contribution in [0.3, 0.4) is 0 Å². The van der Waals surface area contributed by atoms with Crippen LogP contribution in [0.15, 0.2) is 30.3 Å². The van der Waals surface area contributed by atoms with Gasteiger partial charge in [-0.25, -0.2) is 0 Å². The van der Waals surface area contributed by atoms with Crippen molar-refractivity contribution in [3.05, 3.63) is 35.9 Å². The first-order chi connectivity index (χ1) is 9.20. The lowest BCUT2D eigenvalue weighted by Crippen LogP contribution is -2.54. The van der Waals surface area contributed by atoms with Crippen LogP contribution in [-0.4, -0.2) is 43.7 Å². The minimum atomic E-state index is 0.580. The summed E-state index contributed by atoms with van der Waals surface area (Å²) in [5.74, 6) is 0.931. The number of nitrogens with one attached hydrogen (secondary N) is 1. The van der Waals surface area contributed by atoms with Gasteiger partial charge in [0.05, 0.1) is 7.11 Å². The summed E-state index contributed by atoms with van der Waals surface area (Å²) in [6, 6.07) is 9.29. The van der Waals surface area contributed by atoms with Gasteiger partial charge in [-0.15, -0.1) is 0 Å². The molecule has 1 N–H and O–H groups in total. The molecule has 1 saturated heterocycles. The van der Waals surface area contributed by atoms with Crippen LogP contribution in [0.4, 0.5) is 0 Å². The number of ether oxygens (including phenoxy) is 1. The standard InChI is InChI=1S/C16H24N2O/c1-13-12-18(14(2)11-17-13)10-6-8-15-7-4-5-9-16(15)19-3/h4-9,13-14,17H,10-12H2,1-3H3/b8-6+. The molecule has 0 aliphatic carbocycles. The largest absolute Gasteiger partial charge is 0.496 e. The van der Waals surface area contributed by atoms with Gasteiger partial charge in [-0.05, 0) is 19.9 Å². The summed E-state index contributed by atoms with van der Waals surface area (Å²) in [5.41, 5.74) is 1.14. The molecule has 1 aliphatic rings. The molecule has 2 atom stereocenters. The summed E-state index contributed by atoms with van der Waals surface area (Å²) >= 11 is 0. The number of rotatable bonds is 4. The Morgan fingerprint density at radius 2 is 2.16 bits per heavy atom. The highest BCUT2D eigenvalue weighted by atomic mass is 16.5. The van der Waals surface area contributed by atoms with Crippen LogP contribution in [0.5, 0.6) is 5.75 Å².